The van der Waals surface area contributed by atoms with Crippen molar-refractivity contribution >= 4 is 22.8 Å². The number of carbonyl (C=O) groups excluding carboxylic acids is 1. The SMILES string of the molecule is COc1cccc(OC)c1-c1c[nH]c2nc(NC(=O)C3C(CN4CCN(C)CC4)[C@H]3F)ccc12. The van der Waals surface area contributed by atoms with Gasteiger partial charge < -0.3 is 29.6 Å². The number of piperazine rings is 1. The Morgan fingerprint density at radius 1 is 1.15 bits per heavy atom. The zero-order valence-corrected chi connectivity index (χ0v) is 19.7. The predicted octanol–water partition coefficient (Wildman–Crippen LogP) is 3.02. The summed E-state index contributed by atoms with van der Waals surface area (Å²) in [6.07, 6.45) is 0.743. The van der Waals surface area contributed by atoms with Crippen molar-refractivity contribution < 1.29 is 18.7 Å². The molecule has 1 saturated heterocycles. The van der Waals surface area contributed by atoms with E-state index in [1.807, 2.05) is 30.5 Å². The second-order valence-corrected chi connectivity index (χ2v) is 9.06. The largest absolute Gasteiger partial charge is 0.496 e. The second kappa shape index (κ2) is 9.23. The van der Waals surface area contributed by atoms with Crippen LogP contribution >= 0.6 is 0 Å². The molecule has 1 aliphatic carbocycles. The number of pyridine rings is 1. The van der Waals surface area contributed by atoms with E-state index in [1.165, 1.54) is 0 Å². The number of nitrogens with zero attached hydrogens (tertiary/aromatic N) is 3. The number of halogens is 1. The normalized spacial score (nSPS) is 23.1. The van der Waals surface area contributed by atoms with E-state index in [-0.39, 0.29) is 11.8 Å². The van der Waals surface area contributed by atoms with Gasteiger partial charge in [-0.2, -0.15) is 0 Å². The number of rotatable bonds is 7. The summed E-state index contributed by atoms with van der Waals surface area (Å²) in [6.45, 7) is 4.41. The summed E-state index contributed by atoms with van der Waals surface area (Å²) in [7, 11) is 5.32. The molecule has 34 heavy (non-hydrogen) atoms. The molecular weight excluding hydrogens is 437 g/mol. The molecule has 1 saturated carbocycles. The van der Waals surface area contributed by atoms with Gasteiger partial charge in [-0.25, -0.2) is 9.37 Å². The third kappa shape index (κ3) is 4.21. The number of alkyl halides is 1. The maximum Gasteiger partial charge on any atom is 0.232 e. The minimum Gasteiger partial charge on any atom is -0.496 e. The van der Waals surface area contributed by atoms with Crippen LogP contribution in [0.25, 0.3) is 22.2 Å². The molecule has 0 bridgehead atoms. The molecule has 2 aliphatic rings. The number of aromatic nitrogens is 2. The fourth-order valence-electron chi connectivity index (χ4n) is 4.82. The smallest absolute Gasteiger partial charge is 0.232 e. The molecule has 2 unspecified atom stereocenters. The minimum absolute atomic E-state index is 0.248. The van der Waals surface area contributed by atoms with Crippen LogP contribution in [0.15, 0.2) is 36.5 Å². The van der Waals surface area contributed by atoms with E-state index >= 15 is 0 Å². The van der Waals surface area contributed by atoms with E-state index in [0.717, 1.165) is 42.7 Å². The van der Waals surface area contributed by atoms with Crippen molar-refractivity contribution in [1.82, 2.24) is 19.8 Å². The first-order valence-electron chi connectivity index (χ1n) is 11.6. The van der Waals surface area contributed by atoms with Crippen molar-refractivity contribution in [3.05, 3.63) is 36.5 Å². The van der Waals surface area contributed by atoms with Gasteiger partial charge in [0.25, 0.3) is 0 Å². The number of carbonyl (C=O) groups is 1. The van der Waals surface area contributed by atoms with E-state index in [4.69, 9.17) is 9.47 Å². The number of methoxy groups -OCH3 is 2. The zero-order chi connectivity index (χ0) is 23.8. The van der Waals surface area contributed by atoms with E-state index in [1.54, 1.807) is 20.3 Å². The summed E-state index contributed by atoms with van der Waals surface area (Å²) < 4.78 is 25.5. The number of aromatic amines is 1. The molecule has 2 aromatic heterocycles. The number of likely N-dealkylation sites (N-methyl/N-ethyl adjacent to an activating group) is 1. The van der Waals surface area contributed by atoms with Gasteiger partial charge in [-0.15, -0.1) is 0 Å². The van der Waals surface area contributed by atoms with E-state index in [0.29, 0.717) is 29.5 Å². The fraction of sp³-hybridized carbons (Fsp3) is 0.440. The van der Waals surface area contributed by atoms with E-state index < -0.39 is 12.1 Å². The van der Waals surface area contributed by atoms with Gasteiger partial charge in [0.2, 0.25) is 5.91 Å². The first-order valence-corrected chi connectivity index (χ1v) is 11.6. The molecule has 2 fully saturated rings. The number of fused-ring (bicyclic) bond motifs is 1. The molecule has 3 aromatic rings. The molecule has 1 aliphatic heterocycles. The monoisotopic (exact) mass is 467 g/mol. The number of amides is 1. The number of H-pyrrole nitrogens is 1. The number of ether oxygens (including phenoxy) is 2. The van der Waals surface area contributed by atoms with Gasteiger partial charge in [-0.3, -0.25) is 4.79 Å². The summed E-state index contributed by atoms with van der Waals surface area (Å²) >= 11 is 0. The average molecular weight is 468 g/mol. The fourth-order valence-corrected chi connectivity index (χ4v) is 4.82. The Balaban J connectivity index is 1.30. The Labute approximate surface area is 198 Å². The highest BCUT2D eigenvalue weighted by Crippen LogP contribution is 2.44. The Kier molecular flexibility index (Phi) is 6.14. The molecule has 0 spiro atoms. The van der Waals surface area contributed by atoms with Gasteiger partial charge in [0, 0.05) is 55.8 Å². The highest BCUT2D eigenvalue weighted by molar-refractivity contribution is 5.99. The predicted molar refractivity (Wildman–Crippen MR) is 129 cm³/mol. The van der Waals surface area contributed by atoms with Crippen LogP contribution in [0.5, 0.6) is 11.5 Å². The number of benzene rings is 1. The van der Waals surface area contributed by atoms with Crippen molar-refractivity contribution in [2.75, 3.05) is 59.3 Å². The highest BCUT2D eigenvalue weighted by Gasteiger charge is 2.56. The molecule has 0 radical (unpaired) electrons. The van der Waals surface area contributed by atoms with E-state index in [2.05, 4.69) is 32.1 Å². The Morgan fingerprint density at radius 3 is 2.53 bits per heavy atom. The van der Waals surface area contributed by atoms with Crippen LogP contribution in [0, 0.1) is 11.8 Å². The van der Waals surface area contributed by atoms with Crippen molar-refractivity contribution in [2.24, 2.45) is 11.8 Å². The van der Waals surface area contributed by atoms with Crippen LogP contribution in [0.1, 0.15) is 0 Å². The number of nitrogens with one attached hydrogen (secondary N) is 2. The molecule has 8 nitrogen and oxygen atoms in total. The lowest BCUT2D eigenvalue weighted by Crippen LogP contribution is -2.45. The van der Waals surface area contributed by atoms with Crippen LogP contribution in [0.2, 0.25) is 0 Å². The molecule has 9 heteroatoms. The van der Waals surface area contributed by atoms with Gasteiger partial charge in [0.05, 0.1) is 25.7 Å². The molecule has 3 heterocycles. The van der Waals surface area contributed by atoms with E-state index in [9.17, 15) is 9.18 Å². The molecule has 3 atom stereocenters. The second-order valence-electron chi connectivity index (χ2n) is 9.06. The maximum atomic E-state index is 14.5. The summed E-state index contributed by atoms with van der Waals surface area (Å²) in [5.74, 6) is 0.599. The quantitative estimate of drug-likeness (QED) is 0.556. The van der Waals surface area contributed by atoms with Crippen molar-refractivity contribution in [1.29, 1.82) is 0 Å². The van der Waals surface area contributed by atoms with Crippen LogP contribution in [-0.4, -0.2) is 85.8 Å². The number of anilines is 1. The van der Waals surface area contributed by atoms with Gasteiger partial charge in [0.15, 0.2) is 0 Å². The summed E-state index contributed by atoms with van der Waals surface area (Å²) in [5.41, 5.74) is 2.32. The van der Waals surface area contributed by atoms with Crippen LogP contribution < -0.4 is 14.8 Å². The molecule has 180 valence electrons. The molecule has 5 rings (SSSR count). The lowest BCUT2D eigenvalue weighted by atomic mass is 10.0. The van der Waals surface area contributed by atoms with Gasteiger partial charge in [-0.05, 0) is 31.3 Å². The first kappa shape index (κ1) is 22.6. The van der Waals surface area contributed by atoms with Crippen molar-refractivity contribution in [3.8, 4) is 22.6 Å². The number of hydrogen-bond acceptors (Lipinski definition) is 6. The third-order valence-electron chi connectivity index (χ3n) is 6.93. The van der Waals surface area contributed by atoms with Gasteiger partial charge >= 0.3 is 0 Å². The summed E-state index contributed by atoms with van der Waals surface area (Å²) in [5, 5.41) is 3.67. The van der Waals surface area contributed by atoms with Crippen LogP contribution in [0.4, 0.5) is 10.2 Å². The average Bonchev–Trinajstić information content (AvgIpc) is 3.29. The minimum atomic E-state index is -1.10. The molecule has 1 aromatic carbocycles. The Bertz CT molecular complexity index is 1170. The lowest BCUT2D eigenvalue weighted by molar-refractivity contribution is -0.118. The number of hydrogen-bond donors (Lipinski definition) is 2. The highest BCUT2D eigenvalue weighted by atomic mass is 19.1. The zero-order valence-electron chi connectivity index (χ0n) is 19.7. The molecule has 1 amide bonds. The first-order chi connectivity index (χ1) is 16.5. The van der Waals surface area contributed by atoms with Crippen LogP contribution in [-0.2, 0) is 4.79 Å². The van der Waals surface area contributed by atoms with Gasteiger partial charge in [-0.1, -0.05) is 6.07 Å². The van der Waals surface area contributed by atoms with Gasteiger partial charge in [0.1, 0.15) is 29.1 Å². The molecular formula is C25H30FN5O3. The maximum absolute atomic E-state index is 14.5. The van der Waals surface area contributed by atoms with Crippen molar-refractivity contribution in [3.63, 3.8) is 0 Å². The summed E-state index contributed by atoms with van der Waals surface area (Å²) in [6, 6.07) is 9.25. The Morgan fingerprint density at radius 2 is 1.85 bits per heavy atom. The third-order valence-corrected chi connectivity index (χ3v) is 6.93. The summed E-state index contributed by atoms with van der Waals surface area (Å²) in [4.78, 5) is 25.0. The van der Waals surface area contributed by atoms with Crippen molar-refractivity contribution in [2.45, 2.75) is 6.17 Å². The molecule has 2 N–H and O–H groups in total. The Hall–Kier alpha value is -3.17. The topological polar surface area (TPSA) is 82.7 Å². The lowest BCUT2D eigenvalue weighted by Gasteiger charge is -2.32. The standard InChI is InChI=1S/C25H30FN5O3/c1-30-9-11-31(12-10-30)14-17-22(23(17)26)25(32)29-20-8-7-15-16(13-27-24(15)28-20)21-18(33-2)5-4-6-19(21)34-3/h4-8,13,17,22-23H,9-12,14H2,1-3H3,(H2,27,28,29,32)/t17?,22?,23-/m1/s1. The van der Waals surface area contributed by atoms with Crippen LogP contribution in [0.3, 0.4) is 0 Å².